The van der Waals surface area contributed by atoms with E-state index in [1.54, 1.807) is 13.4 Å². The molecule has 6 heteroatoms. The first-order chi connectivity index (χ1) is 11.3. The number of hydrogen-bond acceptors (Lipinski definition) is 4. The fourth-order valence-corrected chi connectivity index (χ4v) is 3.77. The van der Waals surface area contributed by atoms with E-state index in [-0.39, 0.29) is 24.2 Å². The van der Waals surface area contributed by atoms with E-state index < -0.39 is 0 Å². The van der Waals surface area contributed by atoms with Crippen LogP contribution in [0.4, 0.5) is 0 Å². The molecule has 0 radical (unpaired) electrons. The molecule has 2 heterocycles. The lowest BCUT2D eigenvalue weighted by Gasteiger charge is -2.45. The van der Waals surface area contributed by atoms with Gasteiger partial charge in [-0.1, -0.05) is 0 Å². The monoisotopic (exact) mass is 315 g/mol. The number of aromatic amines is 1. The number of rotatable bonds is 2. The number of amides is 1. The summed E-state index contributed by atoms with van der Waals surface area (Å²) in [6, 6.07) is 5.72. The Morgan fingerprint density at radius 2 is 2.35 bits per heavy atom. The summed E-state index contributed by atoms with van der Waals surface area (Å²) in [5.74, 6) is 0.0663. The van der Waals surface area contributed by atoms with Crippen LogP contribution in [0.1, 0.15) is 29.6 Å². The largest absolute Gasteiger partial charge is 0.381 e. The zero-order valence-electron chi connectivity index (χ0n) is 13.2. The molecule has 1 saturated heterocycles. The fourth-order valence-electron chi connectivity index (χ4n) is 3.77. The molecule has 122 valence electrons. The average Bonchev–Trinajstić information content (AvgIpc) is 3.07. The number of fused-ring (bicyclic) bond motifs is 2. The van der Waals surface area contributed by atoms with Crippen LogP contribution in [0, 0.1) is 0 Å². The van der Waals surface area contributed by atoms with Crippen molar-refractivity contribution >= 4 is 16.9 Å². The lowest BCUT2D eigenvalue weighted by atomic mass is 9.87. The number of nitrogens with zero attached hydrogens (tertiary/aromatic N) is 2. The molecule has 3 atom stereocenters. The van der Waals surface area contributed by atoms with Crippen molar-refractivity contribution in [1.29, 1.82) is 0 Å². The number of imidazole rings is 1. The molecular formula is C17H21N3O3. The maximum Gasteiger partial charge on any atom is 0.254 e. The van der Waals surface area contributed by atoms with Crippen molar-refractivity contribution in [3.8, 4) is 0 Å². The lowest BCUT2D eigenvalue weighted by molar-refractivity contribution is -0.101. The SMILES string of the molecule is CO[C@@H]1CC[C@H]2OCCN(C(=O)c3ccc4nc[nH]c4c3)[C@@H]2C1. The van der Waals surface area contributed by atoms with E-state index in [2.05, 4.69) is 9.97 Å². The summed E-state index contributed by atoms with van der Waals surface area (Å²) in [6.07, 6.45) is 4.79. The highest BCUT2D eigenvalue weighted by Gasteiger charge is 2.40. The number of morpholine rings is 1. The summed E-state index contributed by atoms with van der Waals surface area (Å²) in [5, 5.41) is 0. The van der Waals surface area contributed by atoms with Crippen LogP contribution in [0.25, 0.3) is 11.0 Å². The third-order valence-electron chi connectivity index (χ3n) is 5.03. The van der Waals surface area contributed by atoms with Crippen LogP contribution in [0.15, 0.2) is 24.5 Å². The van der Waals surface area contributed by atoms with E-state index in [9.17, 15) is 4.79 Å². The molecule has 23 heavy (non-hydrogen) atoms. The van der Waals surface area contributed by atoms with E-state index in [4.69, 9.17) is 9.47 Å². The molecule has 4 rings (SSSR count). The Kier molecular flexibility index (Phi) is 3.79. The van der Waals surface area contributed by atoms with Crippen LogP contribution in [-0.4, -0.2) is 59.3 Å². The number of ether oxygens (including phenoxy) is 2. The Morgan fingerprint density at radius 1 is 1.43 bits per heavy atom. The van der Waals surface area contributed by atoms with Gasteiger partial charge in [-0.2, -0.15) is 0 Å². The van der Waals surface area contributed by atoms with Gasteiger partial charge >= 0.3 is 0 Å². The Morgan fingerprint density at radius 3 is 3.22 bits per heavy atom. The summed E-state index contributed by atoms with van der Waals surface area (Å²) >= 11 is 0. The molecule has 2 aliphatic rings. The third kappa shape index (κ3) is 2.62. The van der Waals surface area contributed by atoms with Gasteiger partial charge in [0.1, 0.15) is 0 Å². The second kappa shape index (κ2) is 5.94. The quantitative estimate of drug-likeness (QED) is 0.920. The van der Waals surface area contributed by atoms with Crippen molar-refractivity contribution in [1.82, 2.24) is 14.9 Å². The zero-order chi connectivity index (χ0) is 15.8. The second-order valence-electron chi connectivity index (χ2n) is 6.28. The molecule has 0 bridgehead atoms. The normalized spacial score (nSPS) is 27.9. The van der Waals surface area contributed by atoms with Crippen molar-refractivity contribution in [2.24, 2.45) is 0 Å². The van der Waals surface area contributed by atoms with Crippen LogP contribution >= 0.6 is 0 Å². The standard InChI is InChI=1S/C17H21N3O3/c1-22-12-3-5-16-15(9-12)20(6-7-23-16)17(21)11-2-4-13-14(8-11)19-10-18-13/h2,4,8,10,12,15-16H,3,5-7,9H2,1H3,(H,18,19)/t12-,15-,16-/m1/s1. The highest BCUT2D eigenvalue weighted by atomic mass is 16.5. The number of hydrogen-bond donors (Lipinski definition) is 1. The van der Waals surface area contributed by atoms with E-state index in [1.165, 1.54) is 0 Å². The number of aromatic nitrogens is 2. The van der Waals surface area contributed by atoms with Crippen LogP contribution in [-0.2, 0) is 9.47 Å². The first-order valence-corrected chi connectivity index (χ1v) is 8.15. The van der Waals surface area contributed by atoms with Gasteiger partial charge in [0.05, 0.1) is 42.2 Å². The Hall–Kier alpha value is -1.92. The molecule has 1 aliphatic heterocycles. The molecule has 1 aromatic heterocycles. The molecular weight excluding hydrogens is 294 g/mol. The van der Waals surface area contributed by atoms with Crippen LogP contribution < -0.4 is 0 Å². The number of carbonyl (C=O) groups excluding carboxylic acids is 1. The molecule has 1 saturated carbocycles. The van der Waals surface area contributed by atoms with Gasteiger partial charge in [0.15, 0.2) is 0 Å². The maximum absolute atomic E-state index is 13.0. The topological polar surface area (TPSA) is 67.5 Å². The predicted octanol–water partition coefficient (Wildman–Crippen LogP) is 1.97. The first-order valence-electron chi connectivity index (χ1n) is 8.15. The van der Waals surface area contributed by atoms with Gasteiger partial charge in [0, 0.05) is 19.2 Å². The fraction of sp³-hybridized carbons (Fsp3) is 0.529. The molecule has 1 amide bonds. The van der Waals surface area contributed by atoms with Gasteiger partial charge in [-0.25, -0.2) is 4.98 Å². The van der Waals surface area contributed by atoms with Crippen LogP contribution in [0.2, 0.25) is 0 Å². The Labute approximate surface area is 134 Å². The summed E-state index contributed by atoms with van der Waals surface area (Å²) in [6.45, 7) is 1.24. The lowest BCUT2D eigenvalue weighted by Crippen LogP contribution is -2.56. The third-order valence-corrected chi connectivity index (χ3v) is 5.03. The van der Waals surface area contributed by atoms with Crippen molar-refractivity contribution < 1.29 is 14.3 Å². The van der Waals surface area contributed by atoms with Crippen LogP contribution in [0.5, 0.6) is 0 Å². The molecule has 2 fully saturated rings. The Balaban J connectivity index is 1.60. The van der Waals surface area contributed by atoms with Gasteiger partial charge in [-0.15, -0.1) is 0 Å². The first kappa shape index (κ1) is 14.7. The minimum atomic E-state index is 0.0663. The summed E-state index contributed by atoms with van der Waals surface area (Å²) in [7, 11) is 1.74. The van der Waals surface area contributed by atoms with Gasteiger partial charge in [-0.3, -0.25) is 4.79 Å². The number of nitrogens with one attached hydrogen (secondary N) is 1. The molecule has 6 nitrogen and oxygen atoms in total. The molecule has 1 N–H and O–H groups in total. The molecule has 0 spiro atoms. The van der Waals surface area contributed by atoms with Crippen molar-refractivity contribution in [2.45, 2.75) is 37.5 Å². The zero-order valence-corrected chi connectivity index (χ0v) is 13.2. The van der Waals surface area contributed by atoms with E-state index >= 15 is 0 Å². The van der Waals surface area contributed by atoms with Crippen molar-refractivity contribution in [3.05, 3.63) is 30.1 Å². The summed E-state index contributed by atoms with van der Waals surface area (Å²) in [4.78, 5) is 22.2. The molecule has 0 unspecified atom stereocenters. The van der Waals surface area contributed by atoms with Gasteiger partial charge in [0.25, 0.3) is 5.91 Å². The Bertz CT molecular complexity index is 714. The summed E-state index contributed by atoms with van der Waals surface area (Å²) < 4.78 is 11.4. The minimum absolute atomic E-state index is 0.0663. The number of carbonyl (C=O) groups is 1. The van der Waals surface area contributed by atoms with Gasteiger partial charge < -0.3 is 19.4 Å². The highest BCUT2D eigenvalue weighted by Crippen LogP contribution is 2.31. The molecule has 2 aromatic rings. The number of methoxy groups -OCH3 is 1. The van der Waals surface area contributed by atoms with Crippen molar-refractivity contribution in [2.75, 3.05) is 20.3 Å². The molecule has 1 aliphatic carbocycles. The predicted molar refractivity (Wildman–Crippen MR) is 85.3 cm³/mol. The smallest absolute Gasteiger partial charge is 0.254 e. The van der Waals surface area contributed by atoms with E-state index in [0.717, 1.165) is 30.3 Å². The highest BCUT2D eigenvalue weighted by molar-refractivity contribution is 5.97. The van der Waals surface area contributed by atoms with Crippen molar-refractivity contribution in [3.63, 3.8) is 0 Å². The number of H-pyrrole nitrogens is 1. The second-order valence-corrected chi connectivity index (χ2v) is 6.28. The molecule has 1 aromatic carbocycles. The number of benzene rings is 1. The van der Waals surface area contributed by atoms with Gasteiger partial charge in [0.2, 0.25) is 0 Å². The van der Waals surface area contributed by atoms with Gasteiger partial charge in [-0.05, 0) is 37.5 Å². The summed E-state index contributed by atoms with van der Waals surface area (Å²) in [5.41, 5.74) is 2.46. The maximum atomic E-state index is 13.0. The average molecular weight is 315 g/mol. The van der Waals surface area contributed by atoms with E-state index in [0.29, 0.717) is 18.7 Å². The minimum Gasteiger partial charge on any atom is -0.381 e. The van der Waals surface area contributed by atoms with Crippen LogP contribution in [0.3, 0.4) is 0 Å². The van der Waals surface area contributed by atoms with E-state index in [1.807, 2.05) is 23.1 Å².